The van der Waals surface area contributed by atoms with E-state index in [1.165, 1.54) is 0 Å². The van der Waals surface area contributed by atoms with Crippen molar-refractivity contribution in [3.63, 3.8) is 0 Å². The van der Waals surface area contributed by atoms with Crippen molar-refractivity contribution in [2.75, 3.05) is 5.32 Å². The monoisotopic (exact) mass is 243 g/mol. The molecule has 0 amide bonds. The van der Waals surface area contributed by atoms with Crippen LogP contribution < -0.4 is 5.32 Å². The molecule has 1 saturated carbocycles. The maximum atomic E-state index is 13.4. The quantitative estimate of drug-likeness (QED) is 0.771. The molecule has 94 valence electrons. The Morgan fingerprint density at radius 1 is 1.18 bits per heavy atom. The van der Waals surface area contributed by atoms with Gasteiger partial charge in [0, 0.05) is 18.2 Å². The second kappa shape index (κ2) is 4.98. The molecule has 0 aliphatic heterocycles. The van der Waals surface area contributed by atoms with Crippen LogP contribution >= 0.6 is 0 Å². The Balaban J connectivity index is 2.12. The van der Waals surface area contributed by atoms with Crippen molar-refractivity contribution < 1.29 is 13.2 Å². The van der Waals surface area contributed by atoms with Crippen molar-refractivity contribution in [2.45, 2.75) is 38.6 Å². The maximum absolute atomic E-state index is 13.4. The van der Waals surface area contributed by atoms with Crippen molar-refractivity contribution in [3.05, 3.63) is 29.6 Å². The summed E-state index contributed by atoms with van der Waals surface area (Å²) in [5.74, 6) is -2.32. The summed E-state index contributed by atoms with van der Waals surface area (Å²) in [4.78, 5) is 0. The molecule has 2 unspecified atom stereocenters. The topological polar surface area (TPSA) is 12.0 Å². The lowest BCUT2D eigenvalue weighted by Crippen LogP contribution is -2.26. The summed E-state index contributed by atoms with van der Waals surface area (Å²) in [6.45, 7) is 2.14. The highest BCUT2D eigenvalue weighted by atomic mass is 19.2. The molecule has 0 radical (unpaired) electrons. The molecule has 17 heavy (non-hydrogen) atoms. The molecule has 1 N–H and O–H groups in total. The van der Waals surface area contributed by atoms with Crippen molar-refractivity contribution in [1.29, 1.82) is 0 Å². The normalized spacial score (nSPS) is 24.7. The van der Waals surface area contributed by atoms with Crippen LogP contribution in [0.3, 0.4) is 0 Å². The molecule has 4 heteroatoms. The van der Waals surface area contributed by atoms with Crippen LogP contribution in [0.4, 0.5) is 18.9 Å². The van der Waals surface area contributed by atoms with Crippen LogP contribution in [0.5, 0.6) is 0 Å². The predicted octanol–water partition coefficient (Wildman–Crippen LogP) is 4.09. The molecule has 1 fully saturated rings. The highest BCUT2D eigenvalue weighted by Crippen LogP contribution is 2.28. The summed E-state index contributed by atoms with van der Waals surface area (Å²) in [5.41, 5.74) is -0.0680. The van der Waals surface area contributed by atoms with Gasteiger partial charge in [-0.2, -0.15) is 0 Å². The Morgan fingerprint density at radius 3 is 2.65 bits per heavy atom. The minimum Gasteiger partial charge on any atom is -0.380 e. The molecule has 0 saturated heterocycles. The minimum atomic E-state index is -1.14. The van der Waals surface area contributed by atoms with E-state index in [4.69, 9.17) is 0 Å². The third-order valence-electron chi connectivity index (χ3n) is 3.29. The van der Waals surface area contributed by atoms with Crippen LogP contribution in [0.1, 0.15) is 32.6 Å². The molecule has 0 heterocycles. The molecule has 0 aromatic heterocycles. The molecule has 1 aliphatic rings. The fourth-order valence-corrected chi connectivity index (χ4v) is 2.45. The average Bonchev–Trinajstić information content (AvgIpc) is 2.25. The van der Waals surface area contributed by atoms with E-state index in [0.717, 1.165) is 31.7 Å². The van der Waals surface area contributed by atoms with Crippen LogP contribution in [-0.4, -0.2) is 6.04 Å². The van der Waals surface area contributed by atoms with E-state index in [1.807, 2.05) is 0 Å². The summed E-state index contributed by atoms with van der Waals surface area (Å²) in [5, 5.41) is 2.91. The Hall–Kier alpha value is -1.19. The number of hydrogen-bond acceptors (Lipinski definition) is 1. The smallest absolute Gasteiger partial charge is 0.182 e. The Labute approximate surface area is 99.0 Å². The number of halogens is 3. The van der Waals surface area contributed by atoms with Gasteiger partial charge in [0.05, 0.1) is 5.69 Å². The fraction of sp³-hybridized carbons (Fsp3) is 0.538. The Kier molecular flexibility index (Phi) is 3.60. The van der Waals surface area contributed by atoms with Crippen LogP contribution in [0.2, 0.25) is 0 Å². The first-order valence-electron chi connectivity index (χ1n) is 5.97. The van der Waals surface area contributed by atoms with E-state index < -0.39 is 17.5 Å². The lowest BCUT2D eigenvalue weighted by atomic mass is 9.87. The summed E-state index contributed by atoms with van der Waals surface area (Å²) in [6.07, 6.45) is 4.07. The van der Waals surface area contributed by atoms with Crippen molar-refractivity contribution in [2.24, 2.45) is 5.92 Å². The van der Waals surface area contributed by atoms with Gasteiger partial charge in [-0.25, -0.2) is 13.2 Å². The molecule has 1 aliphatic carbocycles. The number of benzene rings is 1. The van der Waals surface area contributed by atoms with Gasteiger partial charge in [-0.1, -0.05) is 19.8 Å². The number of anilines is 1. The van der Waals surface area contributed by atoms with Gasteiger partial charge >= 0.3 is 0 Å². The summed E-state index contributed by atoms with van der Waals surface area (Å²) in [6, 6.07) is 1.68. The van der Waals surface area contributed by atoms with Crippen molar-refractivity contribution in [1.82, 2.24) is 0 Å². The molecule has 0 bridgehead atoms. The molecular weight excluding hydrogens is 227 g/mol. The van der Waals surface area contributed by atoms with Crippen LogP contribution in [0.15, 0.2) is 12.1 Å². The second-order valence-corrected chi connectivity index (χ2v) is 4.86. The maximum Gasteiger partial charge on any atom is 0.182 e. The first kappa shape index (κ1) is 12.3. The zero-order chi connectivity index (χ0) is 12.4. The van der Waals surface area contributed by atoms with Gasteiger partial charge in [0.25, 0.3) is 0 Å². The third kappa shape index (κ3) is 2.93. The SMILES string of the molecule is CC1CCCC(Nc2cc(F)cc(F)c2F)C1. The molecule has 2 rings (SSSR count). The third-order valence-corrected chi connectivity index (χ3v) is 3.29. The zero-order valence-electron chi connectivity index (χ0n) is 9.77. The van der Waals surface area contributed by atoms with Gasteiger partial charge < -0.3 is 5.32 Å². The Bertz CT molecular complexity index is 406. The second-order valence-electron chi connectivity index (χ2n) is 4.86. The van der Waals surface area contributed by atoms with Gasteiger partial charge in [0.1, 0.15) is 5.82 Å². The van der Waals surface area contributed by atoms with Gasteiger partial charge in [0.2, 0.25) is 0 Å². The minimum absolute atomic E-state index is 0.0680. The van der Waals surface area contributed by atoms with Crippen molar-refractivity contribution >= 4 is 5.69 Å². The molecule has 1 aromatic carbocycles. The standard InChI is InChI=1S/C13H16F3N/c1-8-3-2-4-10(5-8)17-12-7-9(14)6-11(15)13(12)16/h6-8,10,17H,2-5H2,1H3. The van der Waals surface area contributed by atoms with E-state index in [-0.39, 0.29) is 11.7 Å². The number of nitrogens with one attached hydrogen (secondary N) is 1. The zero-order valence-corrected chi connectivity index (χ0v) is 9.77. The first-order chi connectivity index (χ1) is 8.06. The fourth-order valence-electron chi connectivity index (χ4n) is 2.45. The van der Waals surface area contributed by atoms with Gasteiger partial charge in [-0.15, -0.1) is 0 Å². The lowest BCUT2D eigenvalue weighted by molar-refractivity contribution is 0.357. The number of hydrogen-bond donors (Lipinski definition) is 1. The van der Waals surface area contributed by atoms with Crippen LogP contribution in [0, 0.1) is 23.4 Å². The van der Waals surface area contributed by atoms with Gasteiger partial charge in [-0.05, 0) is 18.8 Å². The van der Waals surface area contributed by atoms with E-state index in [0.29, 0.717) is 12.0 Å². The average molecular weight is 243 g/mol. The van der Waals surface area contributed by atoms with E-state index in [1.54, 1.807) is 0 Å². The lowest BCUT2D eigenvalue weighted by Gasteiger charge is -2.28. The van der Waals surface area contributed by atoms with Crippen LogP contribution in [0.25, 0.3) is 0 Å². The van der Waals surface area contributed by atoms with Gasteiger partial charge in [-0.3, -0.25) is 0 Å². The van der Waals surface area contributed by atoms with E-state index in [2.05, 4.69) is 12.2 Å². The summed E-state index contributed by atoms with van der Waals surface area (Å²) < 4.78 is 39.4. The predicted molar refractivity (Wildman–Crippen MR) is 61.4 cm³/mol. The van der Waals surface area contributed by atoms with Crippen LogP contribution in [-0.2, 0) is 0 Å². The first-order valence-corrected chi connectivity index (χ1v) is 5.97. The molecule has 1 nitrogen and oxygen atoms in total. The molecule has 1 aromatic rings. The van der Waals surface area contributed by atoms with Gasteiger partial charge in [0.15, 0.2) is 11.6 Å². The number of rotatable bonds is 2. The Morgan fingerprint density at radius 2 is 1.94 bits per heavy atom. The summed E-state index contributed by atoms with van der Waals surface area (Å²) >= 11 is 0. The highest BCUT2D eigenvalue weighted by Gasteiger charge is 2.20. The highest BCUT2D eigenvalue weighted by molar-refractivity contribution is 5.46. The molecule has 2 atom stereocenters. The van der Waals surface area contributed by atoms with Crippen molar-refractivity contribution in [3.8, 4) is 0 Å². The van der Waals surface area contributed by atoms with E-state index in [9.17, 15) is 13.2 Å². The molecule has 0 spiro atoms. The van der Waals surface area contributed by atoms with E-state index >= 15 is 0 Å². The largest absolute Gasteiger partial charge is 0.380 e. The molecular formula is C13H16F3N. The summed E-state index contributed by atoms with van der Waals surface area (Å²) in [7, 11) is 0.